The lowest BCUT2D eigenvalue weighted by atomic mass is 10.1. The highest BCUT2D eigenvalue weighted by atomic mass is 35.5. The van der Waals surface area contributed by atoms with Gasteiger partial charge in [0.2, 0.25) is 11.9 Å². The van der Waals surface area contributed by atoms with Crippen LogP contribution in [0.25, 0.3) is 11.0 Å². The van der Waals surface area contributed by atoms with Gasteiger partial charge in [-0.25, -0.2) is 9.97 Å². The predicted octanol–water partition coefficient (Wildman–Crippen LogP) is 1.95. The van der Waals surface area contributed by atoms with Crippen molar-refractivity contribution in [2.24, 2.45) is 0 Å². The van der Waals surface area contributed by atoms with Crippen molar-refractivity contribution in [1.82, 2.24) is 19.9 Å². The molecule has 146 valence electrons. The van der Waals surface area contributed by atoms with Crippen molar-refractivity contribution in [3.8, 4) is 0 Å². The lowest BCUT2D eigenvalue weighted by molar-refractivity contribution is 0.0883. The van der Waals surface area contributed by atoms with E-state index in [0.717, 1.165) is 13.0 Å². The first-order chi connectivity index (χ1) is 11.8. The van der Waals surface area contributed by atoms with E-state index in [1.54, 1.807) is 27.9 Å². The number of fused-ring (bicyclic) bond motifs is 1. The first-order valence-electron chi connectivity index (χ1n) is 8.41. The van der Waals surface area contributed by atoms with Crippen LogP contribution in [0.15, 0.2) is 0 Å². The molecule has 2 aromatic heterocycles. The van der Waals surface area contributed by atoms with Gasteiger partial charge in [-0.2, -0.15) is 9.97 Å². The van der Waals surface area contributed by atoms with Crippen LogP contribution in [0.5, 0.6) is 0 Å². The number of aromatic nitrogens is 4. The Kier molecular flexibility index (Phi) is 7.58. The van der Waals surface area contributed by atoms with Crippen molar-refractivity contribution >= 4 is 47.0 Å². The Hall–Kier alpha value is -2.13. The molecule has 0 bridgehead atoms. The molecule has 0 aromatic carbocycles. The summed E-state index contributed by atoms with van der Waals surface area (Å²) in [6, 6.07) is 0. The monoisotopic (exact) mass is 384 g/mol. The Bertz CT molecular complexity index is 734. The van der Waals surface area contributed by atoms with Crippen molar-refractivity contribution in [3.63, 3.8) is 0 Å². The number of anilines is 4. The van der Waals surface area contributed by atoms with Crippen molar-refractivity contribution in [3.05, 3.63) is 0 Å². The fourth-order valence-electron chi connectivity index (χ4n) is 2.49. The van der Waals surface area contributed by atoms with Crippen LogP contribution in [-0.4, -0.2) is 64.9 Å². The standard InChI is InChI=1S/C16H28N8O.ClH/c1-7-8-19-14-20-10-11(12(17-4)22-14)21-15(23-13(10)18-5)24(6)9-16(2,3)25;/h25H,7-9H2,1-6H3,(H,18,21,23)(H2,17,19,20,22);1H. The van der Waals surface area contributed by atoms with Crippen molar-refractivity contribution in [1.29, 1.82) is 0 Å². The van der Waals surface area contributed by atoms with Gasteiger partial charge in [0.1, 0.15) is 11.0 Å². The summed E-state index contributed by atoms with van der Waals surface area (Å²) in [6.07, 6.45) is 0.979. The fourth-order valence-corrected chi connectivity index (χ4v) is 2.49. The molecule has 2 aromatic rings. The summed E-state index contributed by atoms with van der Waals surface area (Å²) in [6.45, 7) is 6.76. The number of aliphatic hydroxyl groups is 1. The van der Waals surface area contributed by atoms with Crippen LogP contribution < -0.4 is 20.9 Å². The molecule has 0 amide bonds. The molecule has 0 fully saturated rings. The summed E-state index contributed by atoms with van der Waals surface area (Å²) in [5.41, 5.74) is 0.408. The third-order valence-electron chi connectivity index (χ3n) is 3.50. The smallest absolute Gasteiger partial charge is 0.227 e. The average Bonchev–Trinajstić information content (AvgIpc) is 2.56. The number of hydrogen-bond donors (Lipinski definition) is 4. The van der Waals surface area contributed by atoms with Crippen LogP contribution in [0.2, 0.25) is 0 Å². The number of nitrogens with zero attached hydrogens (tertiary/aromatic N) is 5. The van der Waals surface area contributed by atoms with Crippen LogP contribution in [0.1, 0.15) is 27.2 Å². The maximum absolute atomic E-state index is 10.1. The predicted molar refractivity (Wildman–Crippen MR) is 110 cm³/mol. The van der Waals surface area contributed by atoms with Gasteiger partial charge in [0.25, 0.3) is 0 Å². The summed E-state index contributed by atoms with van der Waals surface area (Å²) >= 11 is 0. The molecule has 0 aliphatic carbocycles. The largest absolute Gasteiger partial charge is 0.389 e. The molecule has 0 saturated heterocycles. The minimum absolute atomic E-state index is 0. The highest BCUT2D eigenvalue weighted by Gasteiger charge is 2.20. The van der Waals surface area contributed by atoms with Crippen LogP contribution in [-0.2, 0) is 0 Å². The summed E-state index contributed by atoms with van der Waals surface area (Å²) in [5, 5.41) is 19.4. The summed E-state index contributed by atoms with van der Waals surface area (Å²) in [7, 11) is 5.43. The Labute approximate surface area is 160 Å². The Balaban J connectivity index is 0.00000338. The molecule has 4 N–H and O–H groups in total. The maximum Gasteiger partial charge on any atom is 0.227 e. The lowest BCUT2D eigenvalue weighted by Crippen LogP contribution is -2.37. The molecule has 9 nitrogen and oxygen atoms in total. The Morgan fingerprint density at radius 2 is 1.58 bits per heavy atom. The minimum atomic E-state index is -0.858. The normalized spacial score (nSPS) is 11.0. The highest BCUT2D eigenvalue weighted by Crippen LogP contribution is 2.27. The van der Waals surface area contributed by atoms with E-state index in [2.05, 4.69) is 42.8 Å². The van der Waals surface area contributed by atoms with Gasteiger partial charge in [0.05, 0.1) is 5.60 Å². The van der Waals surface area contributed by atoms with Crippen molar-refractivity contribution in [2.75, 3.05) is 55.1 Å². The SMILES string of the molecule is CCCNc1nc(NC)c2nc(N(C)CC(C)(C)O)nc(NC)c2n1.Cl. The maximum atomic E-state index is 10.1. The van der Waals surface area contributed by atoms with Crippen LogP contribution in [0, 0.1) is 0 Å². The first kappa shape index (κ1) is 21.9. The number of hydrogen-bond acceptors (Lipinski definition) is 9. The van der Waals surface area contributed by atoms with Gasteiger partial charge in [-0.1, -0.05) is 6.92 Å². The Morgan fingerprint density at radius 1 is 1.00 bits per heavy atom. The van der Waals surface area contributed by atoms with Gasteiger partial charge in [-0.3, -0.25) is 0 Å². The first-order valence-corrected chi connectivity index (χ1v) is 8.41. The van der Waals surface area contributed by atoms with Crippen LogP contribution in [0.4, 0.5) is 23.5 Å². The van der Waals surface area contributed by atoms with E-state index in [0.29, 0.717) is 41.1 Å². The third-order valence-corrected chi connectivity index (χ3v) is 3.50. The van der Waals surface area contributed by atoms with Gasteiger partial charge >= 0.3 is 0 Å². The highest BCUT2D eigenvalue weighted by molar-refractivity contribution is 5.94. The van der Waals surface area contributed by atoms with E-state index >= 15 is 0 Å². The third kappa shape index (κ3) is 5.18. The van der Waals surface area contributed by atoms with E-state index in [9.17, 15) is 5.11 Å². The van der Waals surface area contributed by atoms with Crippen molar-refractivity contribution < 1.29 is 5.11 Å². The summed E-state index contributed by atoms with van der Waals surface area (Å²) in [5.74, 6) is 2.27. The molecule has 2 heterocycles. The zero-order chi connectivity index (χ0) is 18.6. The second-order valence-corrected chi connectivity index (χ2v) is 6.56. The van der Waals surface area contributed by atoms with E-state index in [1.807, 2.05) is 11.9 Å². The Morgan fingerprint density at radius 3 is 2.12 bits per heavy atom. The quantitative estimate of drug-likeness (QED) is 0.542. The fraction of sp³-hybridized carbons (Fsp3) is 0.625. The summed E-state index contributed by atoms with van der Waals surface area (Å²) < 4.78 is 0. The van der Waals surface area contributed by atoms with Crippen LogP contribution in [0.3, 0.4) is 0 Å². The summed E-state index contributed by atoms with van der Waals surface area (Å²) in [4.78, 5) is 20.0. The average molecular weight is 385 g/mol. The molecule has 26 heavy (non-hydrogen) atoms. The molecule has 2 rings (SSSR count). The zero-order valence-corrected chi connectivity index (χ0v) is 17.0. The number of halogens is 1. The molecule has 0 unspecified atom stereocenters. The molecule has 0 spiro atoms. The van der Waals surface area contributed by atoms with Gasteiger partial charge in [0, 0.05) is 34.2 Å². The molecule has 0 atom stereocenters. The van der Waals surface area contributed by atoms with E-state index in [1.165, 1.54) is 0 Å². The molecule has 0 aliphatic heterocycles. The van der Waals surface area contributed by atoms with Gasteiger partial charge in [0.15, 0.2) is 11.6 Å². The van der Waals surface area contributed by atoms with E-state index in [4.69, 9.17) is 0 Å². The molecule has 0 aliphatic rings. The van der Waals surface area contributed by atoms with E-state index in [-0.39, 0.29) is 12.4 Å². The topological polar surface area (TPSA) is 111 Å². The minimum Gasteiger partial charge on any atom is -0.389 e. The number of nitrogens with one attached hydrogen (secondary N) is 3. The van der Waals surface area contributed by atoms with E-state index < -0.39 is 5.60 Å². The van der Waals surface area contributed by atoms with Crippen LogP contribution >= 0.6 is 12.4 Å². The molecular weight excluding hydrogens is 356 g/mol. The molecule has 0 saturated carbocycles. The molecule has 10 heteroatoms. The second-order valence-electron chi connectivity index (χ2n) is 6.56. The number of rotatable bonds is 8. The number of likely N-dealkylation sites (N-methyl/N-ethyl adjacent to an activating group) is 1. The van der Waals surface area contributed by atoms with Crippen molar-refractivity contribution in [2.45, 2.75) is 32.8 Å². The zero-order valence-electron chi connectivity index (χ0n) is 16.2. The van der Waals surface area contributed by atoms with Gasteiger partial charge < -0.3 is 26.0 Å². The second kappa shape index (κ2) is 9.00. The van der Waals surface area contributed by atoms with Gasteiger partial charge in [-0.15, -0.1) is 12.4 Å². The molecular formula is C16H29ClN8O. The van der Waals surface area contributed by atoms with Gasteiger partial charge in [-0.05, 0) is 20.3 Å². The lowest BCUT2D eigenvalue weighted by Gasteiger charge is -2.26. The molecule has 0 radical (unpaired) electrons.